The lowest BCUT2D eigenvalue weighted by molar-refractivity contribution is -0.686. The van der Waals surface area contributed by atoms with Gasteiger partial charge >= 0.3 is 5.13 Å². The molecule has 0 spiro atoms. The summed E-state index contributed by atoms with van der Waals surface area (Å²) >= 11 is 1.50. The zero-order valence-corrected chi connectivity index (χ0v) is 20.9. The summed E-state index contributed by atoms with van der Waals surface area (Å²) in [6.07, 6.45) is 1.03. The first-order valence-electron chi connectivity index (χ1n) is 11.0. The second-order valence-corrected chi connectivity index (χ2v) is 10.4. The minimum atomic E-state index is -3.92. The van der Waals surface area contributed by atoms with E-state index < -0.39 is 10.1 Å². The molecule has 0 amide bonds. The number of azo groups is 1. The van der Waals surface area contributed by atoms with E-state index in [2.05, 4.69) is 58.5 Å². The topological polar surface area (TPSA) is 86.2 Å². The minimum absolute atomic E-state index is 0.224. The summed E-state index contributed by atoms with van der Waals surface area (Å²) in [6, 6.07) is 16.6. The SMILES string of the molecule is CCN(Cc1ccccc1)c1ccc(N=Nc2scc(C)[n+]2CCCCS(=O)(=O)O)c(C)c1. The van der Waals surface area contributed by atoms with E-state index in [4.69, 9.17) is 4.55 Å². The smallest absolute Gasteiger partial charge is 0.367 e. The van der Waals surface area contributed by atoms with Crippen molar-refractivity contribution in [3.63, 3.8) is 0 Å². The average Bonchev–Trinajstić information content (AvgIpc) is 3.13. The second kappa shape index (κ2) is 11.5. The van der Waals surface area contributed by atoms with Gasteiger partial charge in [-0.15, -0.1) is 0 Å². The molecule has 0 fully saturated rings. The summed E-state index contributed by atoms with van der Waals surface area (Å²) in [4.78, 5) is 2.33. The Balaban J connectivity index is 1.69. The molecule has 1 N–H and O–H groups in total. The van der Waals surface area contributed by atoms with Gasteiger partial charge in [0.05, 0.1) is 17.4 Å². The van der Waals surface area contributed by atoms with Crippen LogP contribution in [0.25, 0.3) is 0 Å². The van der Waals surface area contributed by atoms with Crippen molar-refractivity contribution in [1.82, 2.24) is 0 Å². The maximum Gasteiger partial charge on any atom is 0.408 e. The predicted molar refractivity (Wildman–Crippen MR) is 133 cm³/mol. The molecule has 0 saturated carbocycles. The number of hydrogen-bond donors (Lipinski definition) is 1. The largest absolute Gasteiger partial charge is 0.408 e. The van der Waals surface area contributed by atoms with Crippen molar-refractivity contribution in [2.24, 2.45) is 10.2 Å². The summed E-state index contributed by atoms with van der Waals surface area (Å²) in [6.45, 7) is 8.56. The van der Waals surface area contributed by atoms with Gasteiger partial charge in [0.25, 0.3) is 10.1 Å². The fourth-order valence-corrected chi connectivity index (χ4v) is 4.98. The fraction of sp³-hybridized carbons (Fsp3) is 0.375. The van der Waals surface area contributed by atoms with Crippen molar-refractivity contribution in [3.05, 3.63) is 70.7 Å². The van der Waals surface area contributed by atoms with Crippen LogP contribution in [0.5, 0.6) is 0 Å². The maximum atomic E-state index is 10.9. The van der Waals surface area contributed by atoms with Crippen molar-refractivity contribution in [3.8, 4) is 0 Å². The molecule has 1 heterocycles. The van der Waals surface area contributed by atoms with Crippen molar-refractivity contribution in [2.75, 3.05) is 17.2 Å². The van der Waals surface area contributed by atoms with Gasteiger partial charge in [-0.1, -0.05) is 30.3 Å². The Morgan fingerprint density at radius 2 is 1.82 bits per heavy atom. The van der Waals surface area contributed by atoms with Crippen LogP contribution in [0.3, 0.4) is 0 Å². The molecule has 0 unspecified atom stereocenters. The summed E-state index contributed by atoms with van der Waals surface area (Å²) in [5.41, 5.74) is 5.34. The monoisotopic (exact) mass is 487 g/mol. The standard InChI is InChI=1S/C24H30N4O3S2/c1-4-27(17-21-10-6-5-7-11-21)22-12-13-23(19(2)16-22)25-26-24-28(20(3)18-32-24)14-8-9-15-33(29,30)31/h5-7,10-13,16,18H,4,8-9,14-15,17H2,1-3H3/p+1. The van der Waals surface area contributed by atoms with E-state index in [0.717, 1.165) is 40.9 Å². The predicted octanol–water partition coefficient (Wildman–Crippen LogP) is 5.76. The van der Waals surface area contributed by atoms with Gasteiger partial charge in [0, 0.05) is 24.2 Å². The van der Waals surface area contributed by atoms with Gasteiger partial charge in [-0.2, -0.15) is 8.42 Å². The van der Waals surface area contributed by atoms with E-state index in [1.807, 2.05) is 35.9 Å². The Morgan fingerprint density at radius 3 is 2.48 bits per heavy atom. The Morgan fingerprint density at radius 1 is 1.06 bits per heavy atom. The number of unbranched alkanes of at least 4 members (excludes halogenated alkanes) is 1. The molecular weight excluding hydrogens is 456 g/mol. The van der Waals surface area contributed by atoms with Crippen LogP contribution >= 0.6 is 11.3 Å². The highest BCUT2D eigenvalue weighted by Gasteiger charge is 2.17. The van der Waals surface area contributed by atoms with Crippen LogP contribution < -0.4 is 9.47 Å². The van der Waals surface area contributed by atoms with Gasteiger partial charge in [0.1, 0.15) is 11.4 Å². The number of hydrogen-bond acceptors (Lipinski definition) is 6. The van der Waals surface area contributed by atoms with E-state index in [1.54, 1.807) is 0 Å². The molecule has 33 heavy (non-hydrogen) atoms. The highest BCUT2D eigenvalue weighted by molar-refractivity contribution is 7.85. The minimum Gasteiger partial charge on any atom is -0.367 e. The van der Waals surface area contributed by atoms with Crippen LogP contribution in [0.2, 0.25) is 0 Å². The number of thiazole rings is 1. The summed E-state index contributed by atoms with van der Waals surface area (Å²) in [5.74, 6) is -0.224. The Hall–Kier alpha value is -2.62. The van der Waals surface area contributed by atoms with Gasteiger partial charge in [-0.25, -0.2) is 4.57 Å². The summed E-state index contributed by atoms with van der Waals surface area (Å²) in [7, 11) is -3.92. The number of benzene rings is 2. The quantitative estimate of drug-likeness (QED) is 0.161. The zero-order valence-electron chi connectivity index (χ0n) is 19.3. The first kappa shape index (κ1) is 25.0. The Bertz CT molecular complexity index is 1190. The third kappa shape index (κ3) is 7.45. The van der Waals surface area contributed by atoms with Crippen molar-refractivity contribution < 1.29 is 17.5 Å². The summed E-state index contributed by atoms with van der Waals surface area (Å²) in [5, 5.41) is 11.7. The molecule has 3 aromatic rings. The van der Waals surface area contributed by atoms with E-state index in [-0.39, 0.29) is 5.75 Å². The first-order valence-corrected chi connectivity index (χ1v) is 13.5. The van der Waals surface area contributed by atoms with Crippen molar-refractivity contribution in [1.29, 1.82) is 0 Å². The lowest BCUT2D eigenvalue weighted by Crippen LogP contribution is -2.34. The van der Waals surface area contributed by atoms with Gasteiger partial charge in [-0.3, -0.25) is 4.55 Å². The molecule has 0 saturated heterocycles. The number of nitrogens with zero attached hydrogens (tertiary/aromatic N) is 4. The number of aromatic nitrogens is 1. The fourth-order valence-electron chi connectivity index (χ4n) is 3.55. The molecule has 9 heteroatoms. The Labute approximate surface area is 200 Å². The first-order chi connectivity index (χ1) is 15.8. The lowest BCUT2D eigenvalue weighted by atomic mass is 10.1. The normalized spacial score (nSPS) is 11.9. The molecular formula is C24H31N4O3S2+. The molecule has 1 aromatic heterocycles. The molecule has 0 bridgehead atoms. The molecule has 176 valence electrons. The van der Waals surface area contributed by atoms with Crippen LogP contribution in [0.4, 0.5) is 16.5 Å². The Kier molecular flexibility index (Phi) is 8.71. The van der Waals surface area contributed by atoms with Crippen molar-refractivity contribution >= 4 is 38.0 Å². The number of rotatable bonds is 11. The van der Waals surface area contributed by atoms with E-state index >= 15 is 0 Å². The third-order valence-corrected chi connectivity index (χ3v) is 7.19. The van der Waals surface area contributed by atoms with E-state index in [1.165, 1.54) is 16.9 Å². The maximum absolute atomic E-state index is 10.9. The van der Waals surface area contributed by atoms with Gasteiger partial charge in [0.15, 0.2) is 0 Å². The molecule has 0 aliphatic carbocycles. The molecule has 7 nitrogen and oxygen atoms in total. The molecule has 0 aliphatic heterocycles. The van der Waals surface area contributed by atoms with E-state index in [9.17, 15) is 8.42 Å². The second-order valence-electron chi connectivity index (χ2n) is 7.98. The molecule has 0 radical (unpaired) electrons. The van der Waals surface area contributed by atoms with Crippen LogP contribution in [0.15, 0.2) is 64.1 Å². The van der Waals surface area contributed by atoms with Crippen LogP contribution in [0.1, 0.15) is 36.6 Å². The van der Waals surface area contributed by atoms with Crippen LogP contribution in [0, 0.1) is 13.8 Å². The number of aryl methyl sites for hydroxylation is 2. The average molecular weight is 488 g/mol. The zero-order chi connectivity index (χ0) is 23.8. The molecule has 0 aliphatic rings. The van der Waals surface area contributed by atoms with Crippen LogP contribution in [-0.4, -0.2) is 25.3 Å². The molecule has 2 aromatic carbocycles. The molecule has 0 atom stereocenters. The molecule has 3 rings (SSSR count). The van der Waals surface area contributed by atoms with Gasteiger partial charge in [0.2, 0.25) is 0 Å². The van der Waals surface area contributed by atoms with Gasteiger partial charge < -0.3 is 4.90 Å². The lowest BCUT2D eigenvalue weighted by Gasteiger charge is -2.23. The highest BCUT2D eigenvalue weighted by atomic mass is 32.2. The van der Waals surface area contributed by atoms with Crippen molar-refractivity contribution in [2.45, 2.75) is 46.7 Å². The van der Waals surface area contributed by atoms with Gasteiger partial charge in [-0.05, 0) is 79.4 Å². The van der Waals surface area contributed by atoms with Crippen LogP contribution in [-0.2, 0) is 23.2 Å². The number of anilines is 1. The highest BCUT2D eigenvalue weighted by Crippen LogP contribution is 2.28. The van der Waals surface area contributed by atoms with E-state index in [0.29, 0.717) is 19.4 Å². The third-order valence-electron chi connectivity index (χ3n) is 5.41. The summed E-state index contributed by atoms with van der Waals surface area (Å²) < 4.78 is 32.7.